The first kappa shape index (κ1) is 37.8. The zero-order valence-electron chi connectivity index (χ0n) is 20.6. The van der Waals surface area contributed by atoms with Crippen molar-refractivity contribution >= 4 is 50.7 Å². The quantitative estimate of drug-likeness (QED) is 0.0446. The fourth-order valence-electron chi connectivity index (χ4n) is 2.75. The van der Waals surface area contributed by atoms with E-state index in [4.69, 9.17) is 14.7 Å². The van der Waals surface area contributed by atoms with Crippen LogP contribution in [-0.4, -0.2) is 53.3 Å². The van der Waals surface area contributed by atoms with E-state index in [2.05, 4.69) is 27.1 Å². The van der Waals surface area contributed by atoms with Crippen LogP contribution in [0.3, 0.4) is 0 Å². The molecule has 0 saturated heterocycles. The van der Waals surface area contributed by atoms with Gasteiger partial charge in [0.25, 0.3) is 5.69 Å². The lowest BCUT2D eigenvalue weighted by atomic mass is 10.1. The number of phosphoric ester groups is 1. The summed E-state index contributed by atoms with van der Waals surface area (Å²) in [5, 5.41) is 13.4. The Morgan fingerprint density at radius 2 is 1.34 bits per heavy atom. The summed E-state index contributed by atoms with van der Waals surface area (Å²) in [6.07, 6.45) is 1.92. The fraction of sp³-hybridized carbons (Fsp3) is 0.533. The van der Waals surface area contributed by atoms with E-state index in [9.17, 15) is 52.4 Å². The van der Waals surface area contributed by atoms with Gasteiger partial charge in [0.05, 0.1) is 11.5 Å². The number of carbonyl (C=O) groups is 1. The third kappa shape index (κ3) is 18.2. The molecule has 0 bridgehead atoms. The van der Waals surface area contributed by atoms with Crippen LogP contribution in [0.25, 0.3) is 0 Å². The predicted molar refractivity (Wildman–Crippen MR) is 135 cm³/mol. The van der Waals surface area contributed by atoms with Crippen LogP contribution in [0.5, 0.6) is 0 Å². The molecule has 7 N–H and O–H groups in total. The molecule has 0 saturated carbocycles. The second-order valence-electron chi connectivity index (χ2n) is 7.72. The average molecular weight is 694 g/mol. The summed E-state index contributed by atoms with van der Waals surface area (Å²) in [7, 11) is -29.3. The van der Waals surface area contributed by atoms with Crippen LogP contribution in [0.2, 0.25) is 0 Å². The van der Waals surface area contributed by atoms with Gasteiger partial charge in [0.1, 0.15) is 0 Å². The molecule has 0 aliphatic carbocycles. The smallest absolute Gasteiger partial charge is 0.356 e. The number of phosphoric acid groups is 5. The molecular formula is C15H27N2O19P5. The summed E-state index contributed by atoms with van der Waals surface area (Å²) in [5.41, 5.74) is 0.552. The average Bonchev–Trinajstić information content (AvgIpc) is 2.75. The largest absolute Gasteiger partial charge is 0.490 e. The zero-order chi connectivity index (χ0) is 31.5. The van der Waals surface area contributed by atoms with E-state index in [1.165, 1.54) is 18.2 Å². The Morgan fingerprint density at radius 3 is 1.90 bits per heavy atom. The molecule has 1 rings (SSSR count). The highest BCUT2D eigenvalue weighted by molar-refractivity contribution is 7.71. The summed E-state index contributed by atoms with van der Waals surface area (Å²) in [6, 6.07) is 5.89. The minimum absolute atomic E-state index is 0.0791. The van der Waals surface area contributed by atoms with Crippen molar-refractivity contribution in [3.63, 3.8) is 0 Å². The maximum atomic E-state index is 11.9. The molecule has 0 aromatic heterocycles. The Hall–Kier alpha value is -1.20. The molecule has 0 heterocycles. The SMILES string of the molecule is O=C(CCc1cccc([N+](=O)[O-])c1)NCCCCCCOP(=O)(O)OP(=O)(O)OP(=O)(O)OP(=O)(O)OP(=O)(O)O. The van der Waals surface area contributed by atoms with Crippen LogP contribution in [0.15, 0.2) is 24.3 Å². The topological polar surface area (TPSA) is 325 Å². The van der Waals surface area contributed by atoms with Gasteiger partial charge in [0.2, 0.25) is 5.91 Å². The summed E-state index contributed by atoms with van der Waals surface area (Å²) in [4.78, 5) is 76.0. The van der Waals surface area contributed by atoms with E-state index in [-0.39, 0.29) is 24.4 Å². The number of aryl methyl sites for hydroxylation is 1. The number of nitrogens with one attached hydrogen (secondary N) is 1. The van der Waals surface area contributed by atoms with E-state index in [1.807, 2.05) is 0 Å². The molecule has 41 heavy (non-hydrogen) atoms. The first-order valence-corrected chi connectivity index (χ1v) is 18.5. The molecule has 0 radical (unpaired) electrons. The standard InChI is InChI=1S/C15H27N2O19P5/c18-15(9-8-13-6-5-7-14(12-13)17(19)20)16-10-3-1-2-4-11-32-38(24,25)34-40(28,29)36-41(30,31)35-39(26,27)33-37(21,22)23/h5-7,12H,1-4,8-11H2,(H,16,18)(H,24,25)(H,26,27)(H,28,29)(H,30,31)(H2,21,22,23). The predicted octanol–water partition coefficient (Wildman–Crippen LogP) is 2.78. The molecule has 0 fully saturated rings. The van der Waals surface area contributed by atoms with Crippen molar-refractivity contribution in [1.82, 2.24) is 5.32 Å². The van der Waals surface area contributed by atoms with Crippen molar-refractivity contribution in [1.29, 1.82) is 0 Å². The molecule has 4 unspecified atom stereocenters. The van der Waals surface area contributed by atoms with Crippen molar-refractivity contribution < 1.29 is 83.7 Å². The van der Waals surface area contributed by atoms with E-state index in [0.29, 0.717) is 37.8 Å². The number of carbonyl (C=O) groups excluding carboxylic acids is 1. The van der Waals surface area contributed by atoms with E-state index in [0.717, 1.165) is 0 Å². The van der Waals surface area contributed by atoms with Crippen molar-refractivity contribution in [2.75, 3.05) is 13.2 Å². The molecule has 4 atom stereocenters. The highest BCUT2D eigenvalue weighted by Crippen LogP contribution is 2.73. The second-order valence-corrected chi connectivity index (χ2v) is 15.3. The molecular weight excluding hydrogens is 667 g/mol. The summed E-state index contributed by atoms with van der Waals surface area (Å²) < 4.78 is 75.0. The number of amides is 1. The van der Waals surface area contributed by atoms with Gasteiger partial charge in [-0.3, -0.25) is 19.4 Å². The van der Waals surface area contributed by atoms with Crippen LogP contribution in [0.1, 0.15) is 37.7 Å². The third-order valence-corrected chi connectivity index (χ3v) is 11.4. The minimum Gasteiger partial charge on any atom is -0.356 e. The Balaban J connectivity index is 2.31. The van der Waals surface area contributed by atoms with E-state index >= 15 is 0 Å². The van der Waals surface area contributed by atoms with Gasteiger partial charge in [0.15, 0.2) is 0 Å². The number of nitro benzene ring substituents is 1. The molecule has 1 aromatic rings. The maximum absolute atomic E-state index is 11.9. The lowest BCUT2D eigenvalue weighted by molar-refractivity contribution is -0.384. The molecule has 26 heteroatoms. The number of hydrogen-bond acceptors (Lipinski definition) is 13. The number of nitro groups is 1. The highest BCUT2D eigenvalue weighted by atomic mass is 31.3. The Kier molecular flexibility index (Phi) is 14.8. The van der Waals surface area contributed by atoms with Gasteiger partial charge in [-0.25, -0.2) is 22.8 Å². The third-order valence-electron chi connectivity index (χ3n) is 4.24. The van der Waals surface area contributed by atoms with Crippen molar-refractivity contribution in [3.05, 3.63) is 39.9 Å². The van der Waals surface area contributed by atoms with Gasteiger partial charge >= 0.3 is 39.1 Å². The molecule has 0 aliphatic heterocycles. The number of unbranched alkanes of at least 4 members (excludes halogenated alkanes) is 3. The summed E-state index contributed by atoms with van der Waals surface area (Å²) in [5.74, 6) is -0.275. The second kappa shape index (κ2) is 16.0. The fourth-order valence-corrected chi connectivity index (χ4v) is 8.67. The van der Waals surface area contributed by atoms with Crippen molar-refractivity contribution in [3.8, 4) is 0 Å². The molecule has 1 aromatic carbocycles. The molecule has 0 aliphatic rings. The zero-order valence-corrected chi connectivity index (χ0v) is 25.1. The van der Waals surface area contributed by atoms with Gasteiger partial charge in [0, 0.05) is 25.1 Å². The first-order valence-electron chi connectivity index (χ1n) is 11.0. The monoisotopic (exact) mass is 694 g/mol. The van der Waals surface area contributed by atoms with Crippen LogP contribution in [0.4, 0.5) is 5.69 Å². The van der Waals surface area contributed by atoms with E-state index in [1.54, 1.807) is 6.07 Å². The minimum atomic E-state index is -6.15. The number of nitrogens with zero attached hydrogens (tertiary/aromatic N) is 1. The van der Waals surface area contributed by atoms with Crippen LogP contribution < -0.4 is 5.32 Å². The number of rotatable bonds is 20. The van der Waals surface area contributed by atoms with Crippen LogP contribution >= 0.6 is 39.1 Å². The van der Waals surface area contributed by atoms with Gasteiger partial charge in [-0.1, -0.05) is 25.0 Å². The van der Waals surface area contributed by atoms with Gasteiger partial charge in [-0.05, 0) is 24.8 Å². The van der Waals surface area contributed by atoms with Gasteiger partial charge in [-0.2, -0.15) is 17.2 Å². The van der Waals surface area contributed by atoms with E-state index < -0.39 is 50.6 Å². The maximum Gasteiger partial charge on any atom is 0.490 e. The van der Waals surface area contributed by atoms with Crippen LogP contribution in [0, 0.1) is 10.1 Å². The lowest BCUT2D eigenvalue weighted by Gasteiger charge is -2.19. The lowest BCUT2D eigenvalue weighted by Crippen LogP contribution is -2.24. The normalized spacial score (nSPS) is 17.9. The molecule has 21 nitrogen and oxygen atoms in total. The van der Waals surface area contributed by atoms with Crippen molar-refractivity contribution in [2.45, 2.75) is 38.5 Å². The van der Waals surface area contributed by atoms with Gasteiger partial charge < -0.3 is 34.7 Å². The number of non-ortho nitro benzene ring substituents is 1. The summed E-state index contributed by atoms with van der Waals surface area (Å²) >= 11 is 0. The number of hydrogen-bond donors (Lipinski definition) is 7. The van der Waals surface area contributed by atoms with Crippen molar-refractivity contribution in [2.24, 2.45) is 0 Å². The molecule has 1 amide bonds. The van der Waals surface area contributed by atoms with Crippen LogP contribution in [-0.2, 0) is 55.8 Å². The first-order chi connectivity index (χ1) is 18.6. The van der Waals surface area contributed by atoms with Gasteiger partial charge in [-0.15, -0.1) is 0 Å². The Morgan fingerprint density at radius 1 is 0.805 bits per heavy atom. The molecule has 0 spiro atoms. The summed E-state index contributed by atoms with van der Waals surface area (Å²) in [6.45, 7) is -0.219. The molecule has 236 valence electrons. The Labute approximate surface area is 231 Å². The highest BCUT2D eigenvalue weighted by Gasteiger charge is 2.47. The number of benzene rings is 1. The Bertz CT molecular complexity index is 1300.